The Bertz CT molecular complexity index is 1010. The van der Waals surface area contributed by atoms with Crippen molar-refractivity contribution < 1.29 is 13.2 Å². The summed E-state index contributed by atoms with van der Waals surface area (Å²) < 4.78 is 27.9. The molecule has 31 heavy (non-hydrogen) atoms. The molecule has 0 aliphatic carbocycles. The number of carbonyl (C=O) groups is 1. The van der Waals surface area contributed by atoms with E-state index >= 15 is 0 Å². The summed E-state index contributed by atoms with van der Waals surface area (Å²) in [4.78, 5) is 14.8. The van der Waals surface area contributed by atoms with E-state index in [-0.39, 0.29) is 29.0 Å². The number of sulfonamides is 1. The van der Waals surface area contributed by atoms with Gasteiger partial charge >= 0.3 is 0 Å². The molecule has 0 bridgehead atoms. The van der Waals surface area contributed by atoms with Crippen LogP contribution in [0.25, 0.3) is 0 Å². The molecule has 0 fully saturated rings. The van der Waals surface area contributed by atoms with Gasteiger partial charge in [0.15, 0.2) is 0 Å². The highest BCUT2D eigenvalue weighted by Gasteiger charge is 2.26. The van der Waals surface area contributed by atoms with E-state index in [1.807, 2.05) is 14.1 Å². The molecule has 2 aromatic carbocycles. The van der Waals surface area contributed by atoms with Crippen LogP contribution in [0.3, 0.4) is 0 Å². The number of rotatable bonds is 10. The van der Waals surface area contributed by atoms with E-state index < -0.39 is 10.0 Å². The smallest absolute Gasteiger partial charge is 0.264 e. The molecule has 0 radical (unpaired) electrons. The molecule has 0 heterocycles. The maximum Gasteiger partial charge on any atom is 0.264 e. The molecule has 168 valence electrons. The Balaban J connectivity index is 2.33. The molecule has 1 atom stereocenters. The first kappa shape index (κ1) is 24.9. The standard InChI is InChI=1S/C23H30ClN3O3S/c1-6-14-27(21-13-8-7-12-20(21)24)31(29,30)19-11-9-10-18(15-19)23(28)25-16-22(17(2)3)26(4)5/h6-13,15,17,22H,1,14,16H2,2-5H3,(H,25,28). The maximum absolute atomic E-state index is 13.4. The highest BCUT2D eigenvalue weighted by molar-refractivity contribution is 7.92. The van der Waals surface area contributed by atoms with Crippen molar-refractivity contribution in [3.63, 3.8) is 0 Å². The Kier molecular flexibility index (Phi) is 8.68. The topological polar surface area (TPSA) is 69.7 Å². The summed E-state index contributed by atoms with van der Waals surface area (Å²) in [5, 5.41) is 3.22. The maximum atomic E-state index is 13.4. The van der Waals surface area contributed by atoms with Gasteiger partial charge in [0.1, 0.15) is 0 Å². The summed E-state index contributed by atoms with van der Waals surface area (Å²) in [7, 11) is -0.0331. The van der Waals surface area contributed by atoms with Gasteiger partial charge in [-0.2, -0.15) is 0 Å². The van der Waals surface area contributed by atoms with E-state index in [1.54, 1.807) is 36.4 Å². The molecular weight excluding hydrogens is 434 g/mol. The SMILES string of the molecule is C=CCN(c1ccccc1Cl)S(=O)(=O)c1cccc(C(=O)NCC(C(C)C)N(C)C)c1. The Hall–Kier alpha value is -2.35. The van der Waals surface area contributed by atoms with Gasteiger partial charge in [-0.15, -0.1) is 6.58 Å². The summed E-state index contributed by atoms with van der Waals surface area (Å²) in [5.74, 6) is 0.0302. The lowest BCUT2D eigenvalue weighted by atomic mass is 10.0. The zero-order valence-electron chi connectivity index (χ0n) is 18.4. The summed E-state index contributed by atoms with van der Waals surface area (Å²) in [5.41, 5.74) is 0.629. The second kappa shape index (κ2) is 10.8. The molecule has 6 nitrogen and oxygen atoms in total. The van der Waals surface area contributed by atoms with Gasteiger partial charge in [0.05, 0.1) is 22.2 Å². The van der Waals surface area contributed by atoms with E-state index in [1.165, 1.54) is 22.5 Å². The second-order valence-corrected chi connectivity index (χ2v) is 10.1. The van der Waals surface area contributed by atoms with Crippen LogP contribution in [0.4, 0.5) is 5.69 Å². The lowest BCUT2D eigenvalue weighted by Crippen LogP contribution is -2.43. The van der Waals surface area contributed by atoms with Crippen molar-refractivity contribution in [1.82, 2.24) is 10.2 Å². The molecule has 1 unspecified atom stereocenters. The van der Waals surface area contributed by atoms with Crippen LogP contribution in [0.5, 0.6) is 0 Å². The number of amides is 1. The molecule has 0 spiro atoms. The average Bonchev–Trinajstić information content (AvgIpc) is 2.72. The van der Waals surface area contributed by atoms with E-state index in [4.69, 9.17) is 11.6 Å². The fourth-order valence-corrected chi connectivity index (χ4v) is 5.12. The number of hydrogen-bond acceptors (Lipinski definition) is 4. The predicted octanol–water partition coefficient (Wildman–Crippen LogP) is 4.04. The number of hydrogen-bond donors (Lipinski definition) is 1. The molecule has 1 N–H and O–H groups in total. The Morgan fingerprint density at radius 3 is 2.42 bits per heavy atom. The molecule has 2 aromatic rings. The highest BCUT2D eigenvalue weighted by Crippen LogP contribution is 2.30. The van der Waals surface area contributed by atoms with Gasteiger partial charge in [-0.1, -0.05) is 49.7 Å². The minimum absolute atomic E-state index is 0.00920. The molecule has 8 heteroatoms. The molecule has 0 aliphatic heterocycles. The van der Waals surface area contributed by atoms with Crippen LogP contribution in [0.1, 0.15) is 24.2 Å². The van der Waals surface area contributed by atoms with E-state index in [0.29, 0.717) is 23.2 Å². The molecule has 2 rings (SSSR count). The fraction of sp³-hybridized carbons (Fsp3) is 0.348. The predicted molar refractivity (Wildman–Crippen MR) is 127 cm³/mol. The summed E-state index contributed by atoms with van der Waals surface area (Å²) in [6, 6.07) is 12.9. The number of halogens is 1. The minimum Gasteiger partial charge on any atom is -0.350 e. The minimum atomic E-state index is -3.96. The summed E-state index contributed by atoms with van der Waals surface area (Å²) >= 11 is 6.24. The number of benzene rings is 2. The van der Waals surface area contributed by atoms with Crippen LogP contribution < -0.4 is 9.62 Å². The molecule has 1 amide bonds. The zero-order chi connectivity index (χ0) is 23.2. The molecule has 0 aliphatic rings. The fourth-order valence-electron chi connectivity index (χ4n) is 3.34. The molecule has 0 saturated carbocycles. The van der Waals surface area contributed by atoms with Gasteiger partial charge in [0, 0.05) is 18.2 Å². The van der Waals surface area contributed by atoms with E-state index in [9.17, 15) is 13.2 Å². The number of likely N-dealkylation sites (N-methyl/N-ethyl adjacent to an activating group) is 1. The van der Waals surface area contributed by atoms with Crippen LogP contribution in [-0.2, 0) is 10.0 Å². The van der Waals surface area contributed by atoms with Crippen LogP contribution in [0, 0.1) is 5.92 Å². The third-order valence-electron chi connectivity index (χ3n) is 5.00. The van der Waals surface area contributed by atoms with Gasteiger partial charge in [0.25, 0.3) is 15.9 Å². The van der Waals surface area contributed by atoms with Gasteiger partial charge < -0.3 is 10.2 Å². The van der Waals surface area contributed by atoms with E-state index in [2.05, 4.69) is 30.6 Å². The lowest BCUT2D eigenvalue weighted by molar-refractivity contribution is 0.0934. The van der Waals surface area contributed by atoms with Crippen molar-refractivity contribution in [2.45, 2.75) is 24.8 Å². The summed E-state index contributed by atoms with van der Waals surface area (Å²) in [6.07, 6.45) is 1.49. The Labute approximate surface area is 190 Å². The third-order valence-corrected chi connectivity index (χ3v) is 7.10. The van der Waals surface area contributed by atoms with Crippen molar-refractivity contribution >= 4 is 33.2 Å². The van der Waals surface area contributed by atoms with Crippen molar-refractivity contribution in [1.29, 1.82) is 0 Å². The third kappa shape index (κ3) is 6.09. The van der Waals surface area contributed by atoms with Crippen molar-refractivity contribution in [3.05, 3.63) is 71.8 Å². The van der Waals surface area contributed by atoms with Crippen LogP contribution in [-0.4, -0.2) is 52.5 Å². The van der Waals surface area contributed by atoms with Crippen LogP contribution >= 0.6 is 11.6 Å². The summed E-state index contributed by atoms with van der Waals surface area (Å²) in [6.45, 7) is 8.34. The average molecular weight is 464 g/mol. The van der Waals surface area contributed by atoms with Crippen molar-refractivity contribution in [3.8, 4) is 0 Å². The normalized spacial score (nSPS) is 12.6. The van der Waals surface area contributed by atoms with Gasteiger partial charge in [-0.05, 0) is 50.3 Å². The highest BCUT2D eigenvalue weighted by atomic mass is 35.5. The number of nitrogens with one attached hydrogen (secondary N) is 1. The first-order chi connectivity index (χ1) is 14.6. The van der Waals surface area contributed by atoms with E-state index in [0.717, 1.165) is 0 Å². The quantitative estimate of drug-likeness (QED) is 0.540. The van der Waals surface area contributed by atoms with Gasteiger partial charge in [-0.25, -0.2) is 8.42 Å². The first-order valence-corrected chi connectivity index (χ1v) is 11.8. The molecule has 0 saturated heterocycles. The van der Waals surface area contributed by atoms with Crippen LogP contribution in [0.2, 0.25) is 5.02 Å². The first-order valence-electron chi connectivity index (χ1n) is 10.0. The number of anilines is 1. The number of para-hydroxylation sites is 1. The molecule has 0 aromatic heterocycles. The van der Waals surface area contributed by atoms with Crippen LogP contribution in [0.15, 0.2) is 66.1 Å². The molecular formula is C23H30ClN3O3S. The van der Waals surface area contributed by atoms with Crippen molar-refractivity contribution in [2.75, 3.05) is 31.5 Å². The largest absolute Gasteiger partial charge is 0.350 e. The number of carbonyl (C=O) groups excluding carboxylic acids is 1. The monoisotopic (exact) mass is 463 g/mol. The number of nitrogens with zero attached hydrogens (tertiary/aromatic N) is 2. The lowest BCUT2D eigenvalue weighted by Gasteiger charge is -2.28. The van der Waals surface area contributed by atoms with Crippen molar-refractivity contribution in [2.24, 2.45) is 5.92 Å². The second-order valence-electron chi connectivity index (χ2n) is 7.79. The Morgan fingerprint density at radius 2 is 1.84 bits per heavy atom. The van der Waals surface area contributed by atoms with Gasteiger partial charge in [0.2, 0.25) is 0 Å². The van der Waals surface area contributed by atoms with Gasteiger partial charge in [-0.3, -0.25) is 9.10 Å². The Morgan fingerprint density at radius 1 is 1.16 bits per heavy atom. The zero-order valence-corrected chi connectivity index (χ0v) is 19.9.